The number of ether oxygens (including phenoxy) is 1. The van der Waals surface area contributed by atoms with Gasteiger partial charge in [0.15, 0.2) is 0 Å². The van der Waals surface area contributed by atoms with E-state index in [0.29, 0.717) is 12.5 Å². The molecular formula is C15H28ClNO3. The van der Waals surface area contributed by atoms with E-state index in [4.69, 9.17) is 16.3 Å². The second-order valence-electron chi connectivity index (χ2n) is 6.07. The summed E-state index contributed by atoms with van der Waals surface area (Å²) < 4.78 is 5.29. The number of amides is 1. The molecule has 0 fully saturated rings. The summed E-state index contributed by atoms with van der Waals surface area (Å²) in [6, 6.07) is 0. The zero-order chi connectivity index (χ0) is 15.8. The van der Waals surface area contributed by atoms with Gasteiger partial charge < -0.3 is 9.84 Å². The third-order valence-corrected chi connectivity index (χ3v) is 3.13. The number of hydrogen-bond donors (Lipinski definition) is 1. The van der Waals surface area contributed by atoms with Crippen molar-refractivity contribution in [2.45, 2.75) is 58.8 Å². The molecule has 0 radical (unpaired) electrons. The smallest absolute Gasteiger partial charge is 0.412 e. The van der Waals surface area contributed by atoms with E-state index in [1.165, 1.54) is 4.90 Å². The number of alkyl halides is 1. The fourth-order valence-electron chi connectivity index (χ4n) is 1.67. The van der Waals surface area contributed by atoms with Crippen molar-refractivity contribution in [2.24, 2.45) is 5.92 Å². The molecule has 0 bridgehead atoms. The van der Waals surface area contributed by atoms with Crippen LogP contribution in [0.25, 0.3) is 0 Å². The second-order valence-corrected chi connectivity index (χ2v) is 6.38. The Morgan fingerprint density at radius 2 is 2.05 bits per heavy atom. The van der Waals surface area contributed by atoms with Crippen LogP contribution in [0.1, 0.15) is 47.0 Å². The summed E-state index contributed by atoms with van der Waals surface area (Å²) in [4.78, 5) is 13.3. The first kappa shape index (κ1) is 19.3. The number of hydrogen-bond acceptors (Lipinski definition) is 3. The molecule has 0 aromatic heterocycles. The van der Waals surface area contributed by atoms with Crippen LogP contribution in [-0.2, 0) is 4.74 Å². The second kappa shape index (κ2) is 9.24. The van der Waals surface area contributed by atoms with Crippen molar-refractivity contribution in [3.8, 4) is 0 Å². The Morgan fingerprint density at radius 3 is 2.50 bits per heavy atom. The van der Waals surface area contributed by atoms with Crippen molar-refractivity contribution >= 4 is 17.7 Å². The maximum absolute atomic E-state index is 12.1. The molecule has 118 valence electrons. The Labute approximate surface area is 127 Å². The lowest BCUT2D eigenvalue weighted by Gasteiger charge is -2.30. The van der Waals surface area contributed by atoms with Gasteiger partial charge in [-0.25, -0.2) is 4.79 Å². The van der Waals surface area contributed by atoms with Gasteiger partial charge in [-0.3, -0.25) is 4.90 Å². The van der Waals surface area contributed by atoms with Gasteiger partial charge in [0.25, 0.3) is 0 Å². The molecule has 4 nitrogen and oxygen atoms in total. The van der Waals surface area contributed by atoms with E-state index in [-0.39, 0.29) is 5.88 Å². The maximum atomic E-state index is 12.1. The van der Waals surface area contributed by atoms with Gasteiger partial charge in [0.2, 0.25) is 0 Å². The zero-order valence-corrected chi connectivity index (χ0v) is 13.8. The molecule has 1 amide bonds. The third-order valence-electron chi connectivity index (χ3n) is 2.85. The minimum Gasteiger partial charge on any atom is -0.444 e. The van der Waals surface area contributed by atoms with Crippen molar-refractivity contribution < 1.29 is 14.6 Å². The van der Waals surface area contributed by atoms with Crippen LogP contribution in [0, 0.1) is 5.92 Å². The molecule has 0 aliphatic rings. The maximum Gasteiger partial charge on any atom is 0.412 e. The van der Waals surface area contributed by atoms with Gasteiger partial charge in [-0.2, -0.15) is 0 Å². The topological polar surface area (TPSA) is 49.8 Å². The fraction of sp³-hybridized carbons (Fsp3) is 0.800. The minimum absolute atomic E-state index is 0.0275. The quantitative estimate of drug-likeness (QED) is 0.422. The molecule has 20 heavy (non-hydrogen) atoms. The van der Waals surface area contributed by atoms with E-state index in [2.05, 4.69) is 13.5 Å². The van der Waals surface area contributed by atoms with Crippen LogP contribution in [0.5, 0.6) is 0 Å². The van der Waals surface area contributed by atoms with Gasteiger partial charge >= 0.3 is 6.09 Å². The SMILES string of the molecule is C=CCCC(C)CCN(C(=O)OC(C)(C)C)C(O)CCl. The Balaban J connectivity index is 4.49. The normalized spacial score (nSPS) is 14.5. The van der Waals surface area contributed by atoms with Gasteiger partial charge in [0, 0.05) is 6.54 Å². The Morgan fingerprint density at radius 1 is 1.45 bits per heavy atom. The Hall–Kier alpha value is -0.740. The summed E-state index contributed by atoms with van der Waals surface area (Å²) in [6.45, 7) is 11.6. The van der Waals surface area contributed by atoms with Gasteiger partial charge in [-0.1, -0.05) is 13.0 Å². The number of aliphatic hydroxyl groups excluding tert-OH is 1. The highest BCUT2D eigenvalue weighted by Gasteiger charge is 2.26. The first-order valence-electron chi connectivity index (χ1n) is 7.05. The van der Waals surface area contributed by atoms with Gasteiger partial charge in [0.05, 0.1) is 5.88 Å². The number of nitrogens with zero attached hydrogens (tertiary/aromatic N) is 1. The fourth-order valence-corrected chi connectivity index (χ4v) is 1.84. The average molecular weight is 306 g/mol. The van der Waals surface area contributed by atoms with E-state index in [1.54, 1.807) is 20.8 Å². The van der Waals surface area contributed by atoms with Crippen molar-refractivity contribution in [1.29, 1.82) is 0 Å². The first-order chi connectivity index (χ1) is 9.21. The van der Waals surface area contributed by atoms with E-state index in [0.717, 1.165) is 19.3 Å². The molecule has 2 unspecified atom stereocenters. The molecule has 5 heteroatoms. The molecule has 2 atom stereocenters. The molecule has 1 N–H and O–H groups in total. The van der Waals surface area contributed by atoms with Crippen molar-refractivity contribution in [3.05, 3.63) is 12.7 Å². The lowest BCUT2D eigenvalue weighted by Crippen LogP contribution is -2.45. The molecule has 0 aliphatic heterocycles. The summed E-state index contributed by atoms with van der Waals surface area (Å²) in [5.74, 6) is 0.417. The van der Waals surface area contributed by atoms with Gasteiger partial charge in [-0.15, -0.1) is 18.2 Å². The number of carbonyl (C=O) groups excluding carboxylic acids is 1. The van der Waals surface area contributed by atoms with Crippen molar-refractivity contribution in [3.63, 3.8) is 0 Å². The zero-order valence-electron chi connectivity index (χ0n) is 13.1. The molecule has 0 aromatic carbocycles. The monoisotopic (exact) mass is 305 g/mol. The lowest BCUT2D eigenvalue weighted by atomic mass is 10.0. The summed E-state index contributed by atoms with van der Waals surface area (Å²) in [7, 11) is 0. The molecule has 0 aliphatic carbocycles. The molecule has 0 rings (SSSR count). The Kier molecular flexibility index (Phi) is 8.90. The van der Waals surface area contributed by atoms with Crippen molar-refractivity contribution in [2.75, 3.05) is 12.4 Å². The summed E-state index contributed by atoms with van der Waals surface area (Å²) in [5.41, 5.74) is -0.587. The highest BCUT2D eigenvalue weighted by atomic mass is 35.5. The highest BCUT2D eigenvalue weighted by Crippen LogP contribution is 2.16. The van der Waals surface area contributed by atoms with Crippen LogP contribution in [0.2, 0.25) is 0 Å². The first-order valence-corrected chi connectivity index (χ1v) is 7.59. The van der Waals surface area contributed by atoms with Crippen molar-refractivity contribution in [1.82, 2.24) is 4.90 Å². The predicted octanol–water partition coefficient (Wildman–Crippen LogP) is 3.77. The van der Waals surface area contributed by atoms with E-state index in [9.17, 15) is 9.90 Å². The molecule has 0 saturated heterocycles. The van der Waals surface area contributed by atoms with Gasteiger partial charge in [0.1, 0.15) is 11.8 Å². The van der Waals surface area contributed by atoms with Crippen LogP contribution in [0.15, 0.2) is 12.7 Å². The van der Waals surface area contributed by atoms with Crippen LogP contribution in [-0.4, -0.2) is 40.4 Å². The molecule has 0 saturated carbocycles. The van der Waals surface area contributed by atoms with Gasteiger partial charge in [-0.05, 0) is 46.0 Å². The molecular weight excluding hydrogens is 278 g/mol. The number of halogens is 1. The largest absolute Gasteiger partial charge is 0.444 e. The standard InChI is InChI=1S/C15H28ClNO3/c1-6-7-8-12(2)9-10-17(13(18)11-16)14(19)20-15(3,4)5/h6,12-13,18H,1,7-11H2,2-5H3. The summed E-state index contributed by atoms with van der Waals surface area (Å²) >= 11 is 5.65. The van der Waals surface area contributed by atoms with Crippen LogP contribution in [0.4, 0.5) is 4.79 Å². The Bertz CT molecular complexity index is 302. The predicted molar refractivity (Wildman–Crippen MR) is 82.9 cm³/mol. The third kappa shape index (κ3) is 8.43. The van der Waals surface area contributed by atoms with Crippen LogP contribution < -0.4 is 0 Å². The van der Waals surface area contributed by atoms with Crippen LogP contribution in [0.3, 0.4) is 0 Å². The number of carbonyl (C=O) groups is 1. The number of aliphatic hydroxyl groups is 1. The summed E-state index contributed by atoms with van der Waals surface area (Å²) in [6.07, 6.45) is 3.10. The average Bonchev–Trinajstić information content (AvgIpc) is 2.33. The molecule has 0 heterocycles. The number of rotatable bonds is 8. The highest BCUT2D eigenvalue weighted by molar-refractivity contribution is 6.18. The lowest BCUT2D eigenvalue weighted by molar-refractivity contribution is -0.0233. The summed E-state index contributed by atoms with van der Waals surface area (Å²) in [5, 5.41) is 9.85. The number of allylic oxidation sites excluding steroid dienone is 1. The molecule has 0 spiro atoms. The molecule has 0 aromatic rings. The van der Waals surface area contributed by atoms with E-state index in [1.807, 2.05) is 6.08 Å². The van der Waals surface area contributed by atoms with Crippen LogP contribution >= 0.6 is 11.6 Å². The van der Waals surface area contributed by atoms with E-state index >= 15 is 0 Å². The van der Waals surface area contributed by atoms with E-state index < -0.39 is 17.9 Å². The minimum atomic E-state index is -1.02.